The third-order valence-electron chi connectivity index (χ3n) is 4.64. The van der Waals surface area contributed by atoms with Crippen LogP contribution in [0.3, 0.4) is 0 Å². The standard InChI is InChI=1S/C18H30N4O3S/c1-19-18(22(2)14-16-9-4-5-10-17(16)25-3)20-11-12-26(23,24)21-13-15-7-6-8-15/h4-5,9-10,15,21H,6-8,11-14H2,1-3H3,(H,19,20). The molecule has 1 aromatic carbocycles. The van der Waals surface area contributed by atoms with Crippen molar-refractivity contribution in [3.05, 3.63) is 29.8 Å². The fraction of sp³-hybridized carbons (Fsp3) is 0.611. The molecule has 0 heterocycles. The molecule has 7 nitrogen and oxygen atoms in total. The molecule has 0 aliphatic heterocycles. The van der Waals surface area contributed by atoms with Gasteiger partial charge in [-0.1, -0.05) is 24.6 Å². The van der Waals surface area contributed by atoms with Crippen molar-refractivity contribution in [2.24, 2.45) is 10.9 Å². The molecule has 146 valence electrons. The van der Waals surface area contributed by atoms with Crippen LogP contribution in [0.2, 0.25) is 0 Å². The van der Waals surface area contributed by atoms with Crippen molar-refractivity contribution < 1.29 is 13.2 Å². The van der Waals surface area contributed by atoms with E-state index in [0.717, 1.165) is 24.2 Å². The van der Waals surface area contributed by atoms with Gasteiger partial charge < -0.3 is 15.0 Å². The van der Waals surface area contributed by atoms with Crippen LogP contribution in [-0.2, 0) is 16.6 Å². The normalized spacial score (nSPS) is 15.4. The number of ether oxygens (including phenoxy) is 1. The lowest BCUT2D eigenvalue weighted by Gasteiger charge is -2.25. The highest BCUT2D eigenvalue weighted by molar-refractivity contribution is 7.89. The Morgan fingerprint density at radius 3 is 2.69 bits per heavy atom. The molecule has 1 fully saturated rings. The Morgan fingerprint density at radius 1 is 1.35 bits per heavy atom. The second kappa shape index (κ2) is 9.78. The van der Waals surface area contributed by atoms with Crippen LogP contribution in [0.1, 0.15) is 24.8 Å². The summed E-state index contributed by atoms with van der Waals surface area (Å²) in [6.45, 7) is 1.48. The summed E-state index contributed by atoms with van der Waals surface area (Å²) in [4.78, 5) is 6.17. The summed E-state index contributed by atoms with van der Waals surface area (Å²) >= 11 is 0. The van der Waals surface area contributed by atoms with Crippen molar-refractivity contribution in [1.82, 2.24) is 14.9 Å². The smallest absolute Gasteiger partial charge is 0.213 e. The van der Waals surface area contributed by atoms with Crippen LogP contribution in [0.4, 0.5) is 0 Å². The van der Waals surface area contributed by atoms with Gasteiger partial charge in [-0.25, -0.2) is 13.1 Å². The molecule has 0 bridgehead atoms. The maximum atomic E-state index is 12.1. The average Bonchev–Trinajstić information content (AvgIpc) is 2.57. The van der Waals surface area contributed by atoms with Gasteiger partial charge in [0.05, 0.1) is 12.9 Å². The fourth-order valence-electron chi connectivity index (χ4n) is 2.86. The van der Waals surface area contributed by atoms with Crippen LogP contribution in [0.25, 0.3) is 0 Å². The van der Waals surface area contributed by atoms with Gasteiger partial charge in [-0.05, 0) is 24.8 Å². The van der Waals surface area contributed by atoms with E-state index in [0.29, 0.717) is 31.5 Å². The second-order valence-electron chi connectivity index (χ2n) is 6.61. The quantitative estimate of drug-likeness (QED) is 0.499. The number of methoxy groups -OCH3 is 1. The third-order valence-corrected chi connectivity index (χ3v) is 5.99. The minimum absolute atomic E-state index is 0.0290. The monoisotopic (exact) mass is 382 g/mol. The SMILES string of the molecule is CN=C(NCCS(=O)(=O)NCC1CCC1)N(C)Cc1ccccc1OC. The van der Waals surface area contributed by atoms with Gasteiger partial charge in [-0.15, -0.1) is 0 Å². The molecule has 2 rings (SSSR count). The first-order valence-electron chi connectivity index (χ1n) is 8.96. The molecular formula is C18H30N4O3S. The van der Waals surface area contributed by atoms with E-state index >= 15 is 0 Å². The van der Waals surface area contributed by atoms with E-state index in [1.54, 1.807) is 14.2 Å². The molecule has 1 aromatic rings. The summed E-state index contributed by atoms with van der Waals surface area (Å²) in [6.07, 6.45) is 3.46. The molecule has 0 unspecified atom stereocenters. The van der Waals surface area contributed by atoms with Crippen molar-refractivity contribution in [3.63, 3.8) is 0 Å². The summed E-state index contributed by atoms with van der Waals surface area (Å²) in [5.74, 6) is 2.00. The Balaban J connectivity index is 1.80. The summed E-state index contributed by atoms with van der Waals surface area (Å²) in [7, 11) is 1.98. The van der Waals surface area contributed by atoms with Gasteiger partial charge in [0.25, 0.3) is 0 Å². The first-order chi connectivity index (χ1) is 12.4. The molecule has 0 atom stereocenters. The third kappa shape index (κ3) is 6.17. The Labute approximate surface area is 156 Å². The van der Waals surface area contributed by atoms with Crippen molar-refractivity contribution >= 4 is 16.0 Å². The maximum absolute atomic E-state index is 12.1. The number of aliphatic imine (C=N–C) groups is 1. The number of nitrogens with one attached hydrogen (secondary N) is 2. The molecule has 0 amide bonds. The molecule has 0 radical (unpaired) electrons. The van der Waals surface area contributed by atoms with Crippen LogP contribution in [0, 0.1) is 5.92 Å². The first kappa shape index (κ1) is 20.5. The lowest BCUT2D eigenvalue weighted by atomic mass is 9.86. The van der Waals surface area contributed by atoms with Crippen molar-refractivity contribution in [2.75, 3.05) is 40.0 Å². The number of hydrogen-bond acceptors (Lipinski definition) is 4. The highest BCUT2D eigenvalue weighted by Crippen LogP contribution is 2.25. The zero-order valence-electron chi connectivity index (χ0n) is 15.9. The highest BCUT2D eigenvalue weighted by Gasteiger charge is 2.20. The van der Waals surface area contributed by atoms with Crippen LogP contribution >= 0.6 is 0 Å². The maximum Gasteiger partial charge on any atom is 0.213 e. The number of para-hydroxylation sites is 1. The van der Waals surface area contributed by atoms with Crippen LogP contribution in [0.15, 0.2) is 29.3 Å². The topological polar surface area (TPSA) is 83.0 Å². The summed E-state index contributed by atoms with van der Waals surface area (Å²) in [5, 5.41) is 3.11. The van der Waals surface area contributed by atoms with Gasteiger partial charge >= 0.3 is 0 Å². The second-order valence-corrected chi connectivity index (χ2v) is 8.53. The molecule has 1 aliphatic carbocycles. The Morgan fingerprint density at radius 2 is 2.08 bits per heavy atom. The van der Waals surface area contributed by atoms with Crippen molar-refractivity contribution in [2.45, 2.75) is 25.8 Å². The fourth-order valence-corrected chi connectivity index (χ4v) is 3.86. The lowest BCUT2D eigenvalue weighted by Crippen LogP contribution is -2.42. The first-order valence-corrected chi connectivity index (χ1v) is 10.6. The minimum atomic E-state index is -3.26. The molecule has 2 N–H and O–H groups in total. The Kier molecular flexibility index (Phi) is 7.71. The lowest BCUT2D eigenvalue weighted by molar-refractivity contribution is 0.316. The van der Waals surface area contributed by atoms with E-state index in [4.69, 9.17) is 4.74 Å². The van der Waals surface area contributed by atoms with Crippen LogP contribution in [-0.4, -0.2) is 59.3 Å². The van der Waals surface area contributed by atoms with Gasteiger partial charge in [-0.2, -0.15) is 0 Å². The van der Waals surface area contributed by atoms with Crippen LogP contribution < -0.4 is 14.8 Å². The average molecular weight is 383 g/mol. The van der Waals surface area contributed by atoms with Crippen molar-refractivity contribution in [3.8, 4) is 5.75 Å². The molecule has 0 spiro atoms. The number of guanidine groups is 1. The van der Waals surface area contributed by atoms with Gasteiger partial charge in [0, 0.05) is 39.3 Å². The molecule has 0 saturated heterocycles. The van der Waals surface area contributed by atoms with E-state index in [1.165, 1.54) is 6.42 Å². The number of hydrogen-bond donors (Lipinski definition) is 2. The number of nitrogens with zero attached hydrogens (tertiary/aromatic N) is 2. The Hall–Kier alpha value is -1.80. The van der Waals surface area contributed by atoms with Gasteiger partial charge in [-0.3, -0.25) is 4.99 Å². The zero-order valence-corrected chi connectivity index (χ0v) is 16.7. The van der Waals surface area contributed by atoms with E-state index in [9.17, 15) is 8.42 Å². The molecule has 1 saturated carbocycles. The van der Waals surface area contributed by atoms with E-state index in [-0.39, 0.29) is 5.75 Å². The molecule has 0 aromatic heterocycles. The van der Waals surface area contributed by atoms with E-state index in [2.05, 4.69) is 15.0 Å². The molecule has 1 aliphatic rings. The van der Waals surface area contributed by atoms with Gasteiger partial charge in [0.1, 0.15) is 5.75 Å². The van der Waals surface area contributed by atoms with Gasteiger partial charge in [0.2, 0.25) is 10.0 Å². The number of benzene rings is 1. The Bertz CT molecular complexity index is 702. The highest BCUT2D eigenvalue weighted by atomic mass is 32.2. The summed E-state index contributed by atoms with van der Waals surface area (Å²) in [6, 6.07) is 7.80. The number of rotatable bonds is 9. The number of sulfonamides is 1. The van der Waals surface area contributed by atoms with Crippen molar-refractivity contribution in [1.29, 1.82) is 0 Å². The molecule has 26 heavy (non-hydrogen) atoms. The van der Waals surface area contributed by atoms with Gasteiger partial charge in [0.15, 0.2) is 5.96 Å². The predicted octanol–water partition coefficient (Wildman–Crippen LogP) is 1.42. The summed E-state index contributed by atoms with van der Waals surface area (Å²) < 4.78 is 32.2. The van der Waals surface area contributed by atoms with E-state index in [1.807, 2.05) is 36.2 Å². The summed E-state index contributed by atoms with van der Waals surface area (Å²) in [5.41, 5.74) is 1.04. The largest absolute Gasteiger partial charge is 0.496 e. The van der Waals surface area contributed by atoms with E-state index < -0.39 is 10.0 Å². The minimum Gasteiger partial charge on any atom is -0.496 e. The van der Waals surface area contributed by atoms with Crippen LogP contribution in [0.5, 0.6) is 5.75 Å². The predicted molar refractivity (Wildman–Crippen MR) is 105 cm³/mol. The molecule has 8 heteroatoms. The zero-order chi connectivity index (χ0) is 19.0. The molecular weight excluding hydrogens is 352 g/mol.